The van der Waals surface area contributed by atoms with Gasteiger partial charge in [0, 0.05) is 29.4 Å². The third-order valence-electron chi connectivity index (χ3n) is 3.51. The highest BCUT2D eigenvalue weighted by molar-refractivity contribution is 6.31. The van der Waals surface area contributed by atoms with Crippen molar-refractivity contribution in [2.45, 2.75) is 25.9 Å². The lowest BCUT2D eigenvalue weighted by atomic mass is 10.1. The van der Waals surface area contributed by atoms with Crippen molar-refractivity contribution in [3.63, 3.8) is 0 Å². The first-order valence-corrected chi connectivity index (χ1v) is 7.67. The molecule has 2 rings (SSSR count). The van der Waals surface area contributed by atoms with Crippen molar-refractivity contribution in [2.75, 3.05) is 6.54 Å². The standard InChI is InChI=1S/C17H20ClN3O2.ClH/c1-17(2,11-19)20-16(23)13-7-8-15(22)21(10-13)9-12-5-3-4-6-14(12)18;/h3-8,10H,9,11,19H2,1-2H3,(H,20,23);1H. The molecule has 1 amide bonds. The summed E-state index contributed by atoms with van der Waals surface area (Å²) in [6, 6.07) is 10.2. The van der Waals surface area contributed by atoms with Crippen LogP contribution in [0.5, 0.6) is 0 Å². The van der Waals surface area contributed by atoms with Gasteiger partial charge in [0.15, 0.2) is 0 Å². The number of benzene rings is 1. The molecule has 0 radical (unpaired) electrons. The quantitative estimate of drug-likeness (QED) is 0.849. The molecule has 0 unspecified atom stereocenters. The first kappa shape index (κ1) is 20.2. The molecule has 2 aromatic rings. The summed E-state index contributed by atoms with van der Waals surface area (Å²) in [5.74, 6) is -0.270. The van der Waals surface area contributed by atoms with Gasteiger partial charge in [-0.25, -0.2) is 0 Å². The first-order chi connectivity index (χ1) is 10.8. The molecule has 0 aliphatic heterocycles. The summed E-state index contributed by atoms with van der Waals surface area (Å²) in [7, 11) is 0. The molecular formula is C17H21Cl2N3O2. The Kier molecular flexibility index (Phi) is 7.02. The normalized spacial score (nSPS) is 10.8. The lowest BCUT2D eigenvalue weighted by molar-refractivity contribution is 0.0915. The number of nitrogens with two attached hydrogens (primary N) is 1. The molecule has 24 heavy (non-hydrogen) atoms. The zero-order valence-electron chi connectivity index (χ0n) is 13.6. The van der Waals surface area contributed by atoms with Gasteiger partial charge in [-0.15, -0.1) is 12.4 Å². The van der Waals surface area contributed by atoms with E-state index >= 15 is 0 Å². The molecule has 0 bridgehead atoms. The van der Waals surface area contributed by atoms with Crippen molar-refractivity contribution >= 4 is 29.9 Å². The molecule has 3 N–H and O–H groups in total. The van der Waals surface area contributed by atoms with Crippen molar-refractivity contribution in [1.29, 1.82) is 0 Å². The average molecular weight is 370 g/mol. The number of carbonyl (C=O) groups excluding carboxylic acids is 1. The lowest BCUT2D eigenvalue weighted by Crippen LogP contribution is -2.49. The van der Waals surface area contributed by atoms with Crippen LogP contribution in [0.1, 0.15) is 29.8 Å². The average Bonchev–Trinajstić information content (AvgIpc) is 2.51. The number of nitrogens with zero attached hydrogens (tertiary/aromatic N) is 1. The lowest BCUT2D eigenvalue weighted by Gasteiger charge is -2.24. The van der Waals surface area contributed by atoms with Crippen LogP contribution in [0.4, 0.5) is 0 Å². The molecule has 1 heterocycles. The fourth-order valence-corrected chi connectivity index (χ4v) is 2.23. The molecule has 0 saturated heterocycles. The van der Waals surface area contributed by atoms with E-state index in [1.54, 1.807) is 6.07 Å². The Labute approximate surface area is 152 Å². The van der Waals surface area contributed by atoms with E-state index in [2.05, 4.69) is 5.32 Å². The summed E-state index contributed by atoms with van der Waals surface area (Å²) in [5, 5.41) is 3.42. The molecule has 0 aliphatic carbocycles. The van der Waals surface area contributed by atoms with E-state index in [0.717, 1.165) is 5.56 Å². The molecule has 0 fully saturated rings. The van der Waals surface area contributed by atoms with E-state index in [4.69, 9.17) is 17.3 Å². The van der Waals surface area contributed by atoms with Crippen LogP contribution in [0.2, 0.25) is 5.02 Å². The molecule has 0 spiro atoms. The molecular weight excluding hydrogens is 349 g/mol. The molecule has 1 aromatic heterocycles. The van der Waals surface area contributed by atoms with Crippen LogP contribution in [-0.2, 0) is 6.54 Å². The fourth-order valence-electron chi connectivity index (χ4n) is 2.03. The van der Waals surface area contributed by atoms with Crippen LogP contribution >= 0.6 is 24.0 Å². The number of pyridine rings is 1. The van der Waals surface area contributed by atoms with Gasteiger partial charge >= 0.3 is 0 Å². The Morgan fingerprint density at radius 2 is 1.92 bits per heavy atom. The highest BCUT2D eigenvalue weighted by Crippen LogP contribution is 2.15. The Bertz CT molecular complexity index is 772. The summed E-state index contributed by atoms with van der Waals surface area (Å²) in [5.41, 5.74) is 6.13. The van der Waals surface area contributed by atoms with E-state index in [0.29, 0.717) is 23.7 Å². The van der Waals surface area contributed by atoms with Gasteiger partial charge in [-0.1, -0.05) is 29.8 Å². The van der Waals surface area contributed by atoms with Crippen LogP contribution in [0, 0.1) is 0 Å². The number of amides is 1. The van der Waals surface area contributed by atoms with E-state index < -0.39 is 5.54 Å². The van der Waals surface area contributed by atoms with Gasteiger partial charge in [0.05, 0.1) is 12.1 Å². The summed E-state index contributed by atoms with van der Waals surface area (Å²) in [4.78, 5) is 24.3. The minimum Gasteiger partial charge on any atom is -0.346 e. The number of hydrogen-bond acceptors (Lipinski definition) is 3. The number of halogens is 2. The van der Waals surface area contributed by atoms with Gasteiger partial charge in [0.25, 0.3) is 11.5 Å². The Morgan fingerprint density at radius 1 is 1.25 bits per heavy atom. The minimum absolute atomic E-state index is 0. The van der Waals surface area contributed by atoms with Crippen LogP contribution in [-0.4, -0.2) is 22.6 Å². The van der Waals surface area contributed by atoms with Crippen molar-refractivity contribution in [1.82, 2.24) is 9.88 Å². The summed E-state index contributed by atoms with van der Waals surface area (Å²) in [6.07, 6.45) is 1.54. The van der Waals surface area contributed by atoms with Crippen LogP contribution in [0.15, 0.2) is 47.4 Å². The van der Waals surface area contributed by atoms with Crippen molar-refractivity contribution < 1.29 is 4.79 Å². The second kappa shape index (κ2) is 8.33. The smallest absolute Gasteiger partial charge is 0.253 e. The van der Waals surface area contributed by atoms with Crippen LogP contribution < -0.4 is 16.6 Å². The maximum absolute atomic E-state index is 12.3. The molecule has 7 heteroatoms. The summed E-state index contributed by atoms with van der Waals surface area (Å²) < 4.78 is 1.46. The maximum Gasteiger partial charge on any atom is 0.253 e. The number of hydrogen-bond donors (Lipinski definition) is 2. The first-order valence-electron chi connectivity index (χ1n) is 7.29. The van der Waals surface area contributed by atoms with Crippen molar-refractivity contribution in [3.05, 3.63) is 69.1 Å². The van der Waals surface area contributed by atoms with Gasteiger partial charge in [0.2, 0.25) is 0 Å². The van der Waals surface area contributed by atoms with E-state index in [-0.39, 0.29) is 23.9 Å². The molecule has 1 aromatic carbocycles. The van der Waals surface area contributed by atoms with E-state index in [1.165, 1.54) is 22.9 Å². The zero-order valence-corrected chi connectivity index (χ0v) is 15.2. The topological polar surface area (TPSA) is 77.1 Å². The third kappa shape index (κ3) is 5.09. The molecule has 5 nitrogen and oxygen atoms in total. The number of aromatic nitrogens is 1. The fraction of sp³-hybridized carbons (Fsp3) is 0.294. The second-order valence-electron chi connectivity index (χ2n) is 6.02. The van der Waals surface area contributed by atoms with Crippen LogP contribution in [0.25, 0.3) is 0 Å². The van der Waals surface area contributed by atoms with Gasteiger partial charge in [0.1, 0.15) is 0 Å². The summed E-state index contributed by atoms with van der Waals surface area (Å²) in [6.45, 7) is 4.30. The molecule has 0 aliphatic rings. The molecule has 130 valence electrons. The maximum atomic E-state index is 12.3. The monoisotopic (exact) mass is 369 g/mol. The Morgan fingerprint density at radius 3 is 2.54 bits per heavy atom. The molecule has 0 atom stereocenters. The third-order valence-corrected chi connectivity index (χ3v) is 3.88. The number of carbonyl (C=O) groups is 1. The van der Waals surface area contributed by atoms with Gasteiger partial charge in [-0.05, 0) is 31.5 Å². The zero-order chi connectivity index (χ0) is 17.0. The number of rotatable bonds is 5. The predicted molar refractivity (Wildman–Crippen MR) is 99.1 cm³/mol. The van der Waals surface area contributed by atoms with Crippen molar-refractivity contribution in [3.8, 4) is 0 Å². The van der Waals surface area contributed by atoms with Gasteiger partial charge in [-0.2, -0.15) is 0 Å². The highest BCUT2D eigenvalue weighted by atomic mass is 35.5. The van der Waals surface area contributed by atoms with Crippen LogP contribution in [0.3, 0.4) is 0 Å². The number of nitrogens with one attached hydrogen (secondary N) is 1. The second-order valence-corrected chi connectivity index (χ2v) is 6.42. The Balaban J connectivity index is 0.00000288. The Hall–Kier alpha value is -1.82. The SMILES string of the molecule is CC(C)(CN)NC(=O)c1ccc(=O)n(Cc2ccccc2Cl)c1.Cl. The minimum atomic E-state index is -0.513. The predicted octanol–water partition coefficient (Wildman–Crippen LogP) is 2.44. The molecule has 0 saturated carbocycles. The van der Waals surface area contributed by atoms with E-state index in [1.807, 2.05) is 32.0 Å². The van der Waals surface area contributed by atoms with Gasteiger partial charge < -0.3 is 15.6 Å². The van der Waals surface area contributed by atoms with E-state index in [9.17, 15) is 9.59 Å². The van der Waals surface area contributed by atoms with Gasteiger partial charge in [-0.3, -0.25) is 9.59 Å². The highest BCUT2D eigenvalue weighted by Gasteiger charge is 2.19. The van der Waals surface area contributed by atoms with Crippen molar-refractivity contribution in [2.24, 2.45) is 5.73 Å². The summed E-state index contributed by atoms with van der Waals surface area (Å²) >= 11 is 6.13. The largest absolute Gasteiger partial charge is 0.346 e.